The Morgan fingerprint density at radius 1 is 1.50 bits per heavy atom. The van der Waals surface area contributed by atoms with Gasteiger partial charge in [-0.15, -0.1) is 0 Å². The number of ether oxygens (including phenoxy) is 1. The number of carbonyl (C=O) groups excluding carboxylic acids is 1. The van der Waals surface area contributed by atoms with Crippen LogP contribution in [0.4, 0.5) is 0 Å². The standard InChI is InChI=1S/C8H14O3.H2O/c1-11-8(10)6-3-2-4-7(9)5-6;/h6-7,9H,2-5H2,1H3;1H2. The van der Waals surface area contributed by atoms with Crippen molar-refractivity contribution in [1.29, 1.82) is 0 Å². The van der Waals surface area contributed by atoms with Gasteiger partial charge in [0.1, 0.15) is 0 Å². The average Bonchev–Trinajstić information content (AvgIpc) is 2.03. The third-order valence-electron chi connectivity index (χ3n) is 2.18. The van der Waals surface area contributed by atoms with Crippen LogP contribution in [0.2, 0.25) is 0 Å². The van der Waals surface area contributed by atoms with Gasteiger partial charge in [-0.1, -0.05) is 6.42 Å². The minimum Gasteiger partial charge on any atom is -0.469 e. The predicted molar refractivity (Wildman–Crippen MR) is 43.6 cm³/mol. The summed E-state index contributed by atoms with van der Waals surface area (Å²) in [6.07, 6.45) is 2.90. The highest BCUT2D eigenvalue weighted by Gasteiger charge is 2.26. The van der Waals surface area contributed by atoms with Crippen LogP contribution in [0, 0.1) is 5.92 Å². The molecule has 0 aromatic rings. The molecule has 0 aromatic heterocycles. The molecule has 0 radical (unpaired) electrons. The first-order chi connectivity index (χ1) is 5.24. The molecule has 3 N–H and O–H groups in total. The first kappa shape index (κ1) is 11.4. The molecule has 4 nitrogen and oxygen atoms in total. The zero-order chi connectivity index (χ0) is 8.27. The molecule has 0 aliphatic heterocycles. The van der Waals surface area contributed by atoms with Gasteiger partial charge in [0, 0.05) is 0 Å². The lowest BCUT2D eigenvalue weighted by atomic mass is 9.87. The van der Waals surface area contributed by atoms with Crippen LogP contribution in [-0.2, 0) is 9.53 Å². The van der Waals surface area contributed by atoms with Crippen LogP contribution in [-0.4, -0.2) is 29.8 Å². The lowest BCUT2D eigenvalue weighted by Gasteiger charge is -2.23. The van der Waals surface area contributed by atoms with Gasteiger partial charge in [-0.05, 0) is 19.3 Å². The number of hydrogen-bond donors (Lipinski definition) is 1. The molecule has 0 saturated heterocycles. The van der Waals surface area contributed by atoms with Crippen LogP contribution in [0.15, 0.2) is 0 Å². The first-order valence-electron chi connectivity index (χ1n) is 4.00. The number of methoxy groups -OCH3 is 1. The summed E-state index contributed by atoms with van der Waals surface area (Å²) in [6, 6.07) is 0. The van der Waals surface area contributed by atoms with Crippen molar-refractivity contribution in [2.75, 3.05) is 7.11 Å². The van der Waals surface area contributed by atoms with Gasteiger partial charge in [-0.2, -0.15) is 0 Å². The van der Waals surface area contributed by atoms with Crippen LogP contribution in [0.25, 0.3) is 0 Å². The molecule has 1 rings (SSSR count). The minimum absolute atomic E-state index is 0. The Morgan fingerprint density at radius 2 is 2.17 bits per heavy atom. The van der Waals surface area contributed by atoms with Crippen molar-refractivity contribution in [1.82, 2.24) is 0 Å². The van der Waals surface area contributed by atoms with Gasteiger partial charge in [-0.3, -0.25) is 4.79 Å². The molecule has 72 valence electrons. The van der Waals surface area contributed by atoms with E-state index in [9.17, 15) is 9.90 Å². The number of esters is 1. The van der Waals surface area contributed by atoms with Crippen LogP contribution >= 0.6 is 0 Å². The normalized spacial score (nSPS) is 28.8. The molecule has 0 bridgehead atoms. The monoisotopic (exact) mass is 176 g/mol. The maximum atomic E-state index is 11.0. The molecule has 0 aromatic carbocycles. The van der Waals surface area contributed by atoms with E-state index >= 15 is 0 Å². The van der Waals surface area contributed by atoms with Gasteiger partial charge in [0.2, 0.25) is 0 Å². The number of aliphatic hydroxyl groups excluding tert-OH is 1. The Bertz CT molecular complexity index is 146. The topological polar surface area (TPSA) is 78.0 Å². The number of aliphatic hydroxyl groups is 1. The van der Waals surface area contributed by atoms with Gasteiger partial charge in [0.25, 0.3) is 0 Å². The second-order valence-corrected chi connectivity index (χ2v) is 3.04. The van der Waals surface area contributed by atoms with Crippen molar-refractivity contribution < 1.29 is 20.1 Å². The highest BCUT2D eigenvalue weighted by atomic mass is 16.5. The van der Waals surface area contributed by atoms with E-state index < -0.39 is 0 Å². The van der Waals surface area contributed by atoms with Crippen molar-refractivity contribution >= 4 is 5.97 Å². The Labute approximate surface area is 71.8 Å². The predicted octanol–water partition coefficient (Wildman–Crippen LogP) is -0.114. The van der Waals surface area contributed by atoms with E-state index in [-0.39, 0.29) is 23.5 Å². The molecule has 1 saturated carbocycles. The second kappa shape index (κ2) is 5.11. The van der Waals surface area contributed by atoms with Crippen LogP contribution < -0.4 is 0 Å². The fourth-order valence-electron chi connectivity index (χ4n) is 1.54. The molecule has 0 spiro atoms. The molecule has 2 unspecified atom stereocenters. The molecule has 1 aliphatic carbocycles. The Hall–Kier alpha value is -0.610. The van der Waals surface area contributed by atoms with E-state index in [4.69, 9.17) is 0 Å². The summed E-state index contributed by atoms with van der Waals surface area (Å²) < 4.78 is 4.59. The summed E-state index contributed by atoms with van der Waals surface area (Å²) in [5.41, 5.74) is 0. The second-order valence-electron chi connectivity index (χ2n) is 3.04. The van der Waals surface area contributed by atoms with E-state index in [1.54, 1.807) is 0 Å². The fourth-order valence-corrected chi connectivity index (χ4v) is 1.54. The van der Waals surface area contributed by atoms with E-state index in [1.165, 1.54) is 7.11 Å². The van der Waals surface area contributed by atoms with Gasteiger partial charge in [0.15, 0.2) is 0 Å². The van der Waals surface area contributed by atoms with Gasteiger partial charge in [-0.25, -0.2) is 0 Å². The number of carbonyl (C=O) groups is 1. The summed E-state index contributed by atoms with van der Waals surface area (Å²) in [5, 5.41) is 9.22. The van der Waals surface area contributed by atoms with E-state index in [0.717, 1.165) is 19.3 Å². The lowest BCUT2D eigenvalue weighted by Crippen LogP contribution is -2.26. The summed E-state index contributed by atoms with van der Waals surface area (Å²) in [6.45, 7) is 0. The maximum Gasteiger partial charge on any atom is 0.308 e. The Balaban J connectivity index is 0.00000121. The molecule has 0 amide bonds. The highest BCUT2D eigenvalue weighted by Crippen LogP contribution is 2.24. The smallest absolute Gasteiger partial charge is 0.308 e. The minimum atomic E-state index is -0.298. The van der Waals surface area contributed by atoms with E-state index in [2.05, 4.69) is 4.74 Å². The quantitative estimate of drug-likeness (QED) is 0.566. The van der Waals surface area contributed by atoms with Gasteiger partial charge >= 0.3 is 5.97 Å². The first-order valence-corrected chi connectivity index (χ1v) is 4.00. The van der Waals surface area contributed by atoms with Crippen LogP contribution in [0.1, 0.15) is 25.7 Å². The fraction of sp³-hybridized carbons (Fsp3) is 0.875. The Kier molecular flexibility index (Phi) is 4.85. The van der Waals surface area contributed by atoms with E-state index in [0.29, 0.717) is 6.42 Å². The summed E-state index contributed by atoms with van der Waals surface area (Å²) in [5.74, 6) is -0.243. The van der Waals surface area contributed by atoms with Crippen LogP contribution in [0.3, 0.4) is 0 Å². The largest absolute Gasteiger partial charge is 0.469 e. The number of rotatable bonds is 1. The van der Waals surface area contributed by atoms with Crippen molar-refractivity contribution in [2.24, 2.45) is 5.92 Å². The third-order valence-corrected chi connectivity index (χ3v) is 2.18. The molecule has 1 aliphatic rings. The van der Waals surface area contributed by atoms with Gasteiger partial charge < -0.3 is 15.3 Å². The molecular formula is C8H16O4. The van der Waals surface area contributed by atoms with Gasteiger partial charge in [0.05, 0.1) is 19.1 Å². The molecular weight excluding hydrogens is 160 g/mol. The molecule has 2 atom stereocenters. The number of hydrogen-bond acceptors (Lipinski definition) is 3. The average molecular weight is 176 g/mol. The van der Waals surface area contributed by atoms with Crippen molar-refractivity contribution in [3.8, 4) is 0 Å². The highest BCUT2D eigenvalue weighted by molar-refractivity contribution is 5.72. The van der Waals surface area contributed by atoms with Crippen LogP contribution in [0.5, 0.6) is 0 Å². The molecule has 12 heavy (non-hydrogen) atoms. The molecule has 4 heteroatoms. The lowest BCUT2D eigenvalue weighted by molar-refractivity contribution is -0.147. The van der Waals surface area contributed by atoms with Crippen molar-refractivity contribution in [2.45, 2.75) is 31.8 Å². The summed E-state index contributed by atoms with van der Waals surface area (Å²) in [4.78, 5) is 11.0. The van der Waals surface area contributed by atoms with Crippen molar-refractivity contribution in [3.05, 3.63) is 0 Å². The van der Waals surface area contributed by atoms with Crippen molar-refractivity contribution in [3.63, 3.8) is 0 Å². The molecule has 1 fully saturated rings. The SMILES string of the molecule is COC(=O)C1CCCC(O)C1.O. The zero-order valence-corrected chi connectivity index (χ0v) is 7.25. The molecule has 0 heterocycles. The maximum absolute atomic E-state index is 11.0. The zero-order valence-electron chi connectivity index (χ0n) is 7.25. The third kappa shape index (κ3) is 2.79. The summed E-state index contributed by atoms with van der Waals surface area (Å²) >= 11 is 0. The summed E-state index contributed by atoms with van der Waals surface area (Å²) in [7, 11) is 1.39. The Morgan fingerprint density at radius 3 is 2.67 bits per heavy atom. The van der Waals surface area contributed by atoms with E-state index in [1.807, 2.05) is 0 Å².